The smallest absolute Gasteiger partial charge is 0.226 e. The number of amides is 1. The van der Waals surface area contributed by atoms with E-state index in [2.05, 4.69) is 16.5 Å². The zero-order valence-electron chi connectivity index (χ0n) is 12.3. The summed E-state index contributed by atoms with van der Waals surface area (Å²) in [5, 5.41) is 19.1. The first kappa shape index (κ1) is 14.0. The standard InChI is InChI=1S/C17H15N3O2S/c21-12-4-1-3-11(7-12)14-8-16(22)19-17-15(14)9-18-20(17)10-13-5-2-6-23-13/h1-7,9,14,21H,8,10H2,(H,19,22)/t14-/m1/s1. The monoisotopic (exact) mass is 325 g/mol. The highest BCUT2D eigenvalue weighted by atomic mass is 32.1. The summed E-state index contributed by atoms with van der Waals surface area (Å²) < 4.78 is 1.83. The third kappa shape index (κ3) is 2.61. The third-order valence-electron chi connectivity index (χ3n) is 4.05. The molecule has 2 N–H and O–H groups in total. The van der Waals surface area contributed by atoms with Crippen LogP contribution < -0.4 is 5.32 Å². The maximum atomic E-state index is 12.1. The van der Waals surface area contributed by atoms with Gasteiger partial charge in [-0.1, -0.05) is 18.2 Å². The van der Waals surface area contributed by atoms with Gasteiger partial charge in [0.15, 0.2) is 0 Å². The normalized spacial score (nSPS) is 16.9. The number of phenolic OH excluding ortho intramolecular Hbond substituents is 1. The van der Waals surface area contributed by atoms with E-state index in [0.29, 0.717) is 13.0 Å². The van der Waals surface area contributed by atoms with E-state index in [-0.39, 0.29) is 17.6 Å². The Kier molecular flexibility index (Phi) is 3.38. The summed E-state index contributed by atoms with van der Waals surface area (Å²) in [6, 6.07) is 11.1. The van der Waals surface area contributed by atoms with Crippen molar-refractivity contribution in [3.8, 4) is 5.75 Å². The molecule has 0 spiro atoms. The Morgan fingerprint density at radius 2 is 2.26 bits per heavy atom. The zero-order valence-corrected chi connectivity index (χ0v) is 13.1. The number of carbonyl (C=O) groups is 1. The number of hydrogen-bond donors (Lipinski definition) is 2. The number of aromatic nitrogens is 2. The van der Waals surface area contributed by atoms with Gasteiger partial charge in [-0.05, 0) is 29.1 Å². The molecule has 2 aromatic heterocycles. The fourth-order valence-electron chi connectivity index (χ4n) is 2.98. The first-order chi connectivity index (χ1) is 11.2. The number of phenols is 1. The molecule has 4 rings (SSSR count). The Hall–Kier alpha value is -2.60. The number of hydrogen-bond acceptors (Lipinski definition) is 4. The highest BCUT2D eigenvalue weighted by Gasteiger charge is 2.30. The molecule has 1 atom stereocenters. The van der Waals surface area contributed by atoms with Gasteiger partial charge in [0.2, 0.25) is 5.91 Å². The molecule has 0 unspecified atom stereocenters. The van der Waals surface area contributed by atoms with Gasteiger partial charge >= 0.3 is 0 Å². The Labute approximate surface area is 137 Å². The molecule has 3 aromatic rings. The molecule has 116 valence electrons. The minimum absolute atomic E-state index is 0.0289. The fraction of sp³-hybridized carbons (Fsp3) is 0.176. The van der Waals surface area contributed by atoms with Gasteiger partial charge in [0, 0.05) is 22.8 Å². The van der Waals surface area contributed by atoms with Gasteiger partial charge in [-0.15, -0.1) is 11.3 Å². The summed E-state index contributed by atoms with van der Waals surface area (Å²) in [5.41, 5.74) is 1.92. The van der Waals surface area contributed by atoms with Crippen molar-refractivity contribution in [2.45, 2.75) is 18.9 Å². The van der Waals surface area contributed by atoms with Gasteiger partial charge in [0.05, 0.1) is 12.7 Å². The van der Waals surface area contributed by atoms with Crippen molar-refractivity contribution < 1.29 is 9.90 Å². The van der Waals surface area contributed by atoms with E-state index >= 15 is 0 Å². The lowest BCUT2D eigenvalue weighted by atomic mass is 9.87. The van der Waals surface area contributed by atoms with Crippen molar-refractivity contribution >= 4 is 23.1 Å². The van der Waals surface area contributed by atoms with E-state index in [9.17, 15) is 9.90 Å². The van der Waals surface area contributed by atoms with Crippen LogP contribution in [0.25, 0.3) is 0 Å². The van der Waals surface area contributed by atoms with Crippen LogP contribution in [0.1, 0.15) is 28.3 Å². The highest BCUT2D eigenvalue weighted by molar-refractivity contribution is 7.09. The molecule has 23 heavy (non-hydrogen) atoms. The number of nitrogens with one attached hydrogen (secondary N) is 1. The highest BCUT2D eigenvalue weighted by Crippen LogP contribution is 2.38. The number of aromatic hydroxyl groups is 1. The molecule has 0 aliphatic carbocycles. The predicted octanol–water partition coefficient (Wildman–Crippen LogP) is 3.17. The van der Waals surface area contributed by atoms with E-state index in [0.717, 1.165) is 16.9 Å². The SMILES string of the molecule is O=C1C[C@H](c2cccc(O)c2)c2cnn(Cc3cccs3)c2N1. The molecular weight excluding hydrogens is 310 g/mol. The molecule has 5 nitrogen and oxygen atoms in total. The van der Waals surface area contributed by atoms with E-state index in [1.807, 2.05) is 28.4 Å². The van der Waals surface area contributed by atoms with Gasteiger partial charge < -0.3 is 10.4 Å². The van der Waals surface area contributed by atoms with Crippen LogP contribution in [-0.4, -0.2) is 20.8 Å². The molecule has 0 fully saturated rings. The van der Waals surface area contributed by atoms with Gasteiger partial charge in [0.25, 0.3) is 0 Å². The van der Waals surface area contributed by atoms with Gasteiger partial charge in [-0.25, -0.2) is 4.68 Å². The molecule has 3 heterocycles. The molecule has 0 saturated carbocycles. The van der Waals surface area contributed by atoms with Crippen molar-refractivity contribution in [1.82, 2.24) is 9.78 Å². The van der Waals surface area contributed by atoms with Crippen LogP contribution in [0.4, 0.5) is 5.82 Å². The number of carbonyl (C=O) groups excluding carboxylic acids is 1. The number of nitrogens with zero attached hydrogens (tertiary/aromatic N) is 2. The van der Waals surface area contributed by atoms with Gasteiger partial charge in [-0.3, -0.25) is 4.79 Å². The second kappa shape index (κ2) is 5.55. The van der Waals surface area contributed by atoms with Crippen LogP contribution in [0, 0.1) is 0 Å². The Morgan fingerprint density at radius 1 is 1.35 bits per heavy atom. The molecule has 0 saturated heterocycles. The van der Waals surface area contributed by atoms with Crippen LogP contribution in [0.2, 0.25) is 0 Å². The molecule has 0 bridgehead atoms. The molecule has 6 heteroatoms. The van der Waals surface area contributed by atoms with Crippen LogP contribution in [0.15, 0.2) is 48.0 Å². The molecule has 1 aromatic carbocycles. The summed E-state index contributed by atoms with van der Waals surface area (Å²) in [4.78, 5) is 13.3. The summed E-state index contributed by atoms with van der Waals surface area (Å²) in [5.74, 6) is 0.853. The lowest BCUT2D eigenvalue weighted by Crippen LogP contribution is -2.25. The Balaban J connectivity index is 1.73. The first-order valence-electron chi connectivity index (χ1n) is 7.37. The average Bonchev–Trinajstić information content (AvgIpc) is 3.18. The number of benzene rings is 1. The zero-order chi connectivity index (χ0) is 15.8. The van der Waals surface area contributed by atoms with Gasteiger partial charge in [0.1, 0.15) is 11.6 Å². The fourth-order valence-corrected chi connectivity index (χ4v) is 3.66. The summed E-state index contributed by atoms with van der Waals surface area (Å²) in [6.07, 6.45) is 2.18. The van der Waals surface area contributed by atoms with Crippen molar-refractivity contribution in [2.75, 3.05) is 5.32 Å². The van der Waals surface area contributed by atoms with Crippen LogP contribution in [0.3, 0.4) is 0 Å². The van der Waals surface area contributed by atoms with E-state index < -0.39 is 0 Å². The van der Waals surface area contributed by atoms with Crippen molar-refractivity contribution in [2.24, 2.45) is 0 Å². The number of fused-ring (bicyclic) bond motifs is 1. The average molecular weight is 325 g/mol. The van der Waals surface area contributed by atoms with Gasteiger partial charge in [-0.2, -0.15) is 5.10 Å². The second-order valence-electron chi connectivity index (χ2n) is 5.59. The quantitative estimate of drug-likeness (QED) is 0.777. The molecule has 1 aliphatic heterocycles. The summed E-state index contributed by atoms with van der Waals surface area (Å²) >= 11 is 1.67. The van der Waals surface area contributed by atoms with Crippen LogP contribution >= 0.6 is 11.3 Å². The van der Waals surface area contributed by atoms with E-state index in [4.69, 9.17) is 0 Å². The topological polar surface area (TPSA) is 67.1 Å². The lowest BCUT2D eigenvalue weighted by Gasteiger charge is -2.23. The number of anilines is 1. The lowest BCUT2D eigenvalue weighted by molar-refractivity contribution is -0.116. The predicted molar refractivity (Wildman–Crippen MR) is 88.8 cm³/mol. The molecule has 1 amide bonds. The largest absolute Gasteiger partial charge is 0.508 e. The van der Waals surface area contributed by atoms with Crippen LogP contribution in [0.5, 0.6) is 5.75 Å². The van der Waals surface area contributed by atoms with Crippen molar-refractivity contribution in [3.05, 3.63) is 64.0 Å². The Bertz CT molecular complexity index is 855. The summed E-state index contributed by atoms with van der Waals surface area (Å²) in [6.45, 7) is 0.639. The Morgan fingerprint density at radius 3 is 3.04 bits per heavy atom. The molecular formula is C17H15N3O2S. The first-order valence-corrected chi connectivity index (χ1v) is 8.25. The van der Waals surface area contributed by atoms with Crippen LogP contribution in [-0.2, 0) is 11.3 Å². The number of thiophene rings is 1. The van der Waals surface area contributed by atoms with Crippen molar-refractivity contribution in [3.63, 3.8) is 0 Å². The maximum absolute atomic E-state index is 12.1. The molecule has 0 radical (unpaired) electrons. The molecule has 1 aliphatic rings. The summed E-state index contributed by atoms with van der Waals surface area (Å²) in [7, 11) is 0. The minimum atomic E-state index is -0.0806. The van der Waals surface area contributed by atoms with Crippen molar-refractivity contribution in [1.29, 1.82) is 0 Å². The van der Waals surface area contributed by atoms with E-state index in [1.165, 1.54) is 4.88 Å². The van der Waals surface area contributed by atoms with E-state index in [1.54, 1.807) is 29.5 Å². The third-order valence-corrected chi connectivity index (χ3v) is 4.91. The minimum Gasteiger partial charge on any atom is -0.508 e. The maximum Gasteiger partial charge on any atom is 0.226 e. The second-order valence-corrected chi connectivity index (χ2v) is 6.62. The number of rotatable bonds is 3.